The fraction of sp³-hybridized carbons (Fsp3) is 0.533. The van der Waals surface area contributed by atoms with E-state index in [0.29, 0.717) is 5.92 Å². The van der Waals surface area contributed by atoms with Crippen LogP contribution in [0.15, 0.2) is 28.1 Å². The fourth-order valence-corrected chi connectivity index (χ4v) is 3.49. The van der Waals surface area contributed by atoms with Gasteiger partial charge in [0, 0.05) is 25.2 Å². The first-order chi connectivity index (χ1) is 9.72. The number of likely N-dealkylation sites (tertiary alicyclic amines) is 1. The number of piperidine rings is 1. The third-order valence-corrected chi connectivity index (χ3v) is 4.88. The Labute approximate surface area is 123 Å². The highest BCUT2D eigenvalue weighted by Gasteiger charge is 2.23. The van der Waals surface area contributed by atoms with Crippen LogP contribution in [0.1, 0.15) is 25.5 Å². The van der Waals surface area contributed by atoms with Crippen LogP contribution in [-0.4, -0.2) is 29.2 Å². The summed E-state index contributed by atoms with van der Waals surface area (Å²) in [6, 6.07) is 6.42. The average molecular weight is 291 g/mol. The second-order valence-corrected chi connectivity index (χ2v) is 6.60. The molecule has 1 aliphatic heterocycles. The lowest BCUT2D eigenvalue weighted by Crippen LogP contribution is -2.41. The minimum absolute atomic E-state index is 0.275. The molecule has 0 spiro atoms. The van der Waals surface area contributed by atoms with E-state index < -0.39 is 0 Å². The van der Waals surface area contributed by atoms with Gasteiger partial charge in [0.15, 0.2) is 5.76 Å². The first-order valence-electron chi connectivity index (χ1n) is 7.20. The van der Waals surface area contributed by atoms with Crippen LogP contribution in [0, 0.1) is 5.92 Å². The Kier molecular flexibility index (Phi) is 4.19. The van der Waals surface area contributed by atoms with Crippen LogP contribution < -0.4 is 5.73 Å². The van der Waals surface area contributed by atoms with Crippen molar-refractivity contribution in [2.45, 2.75) is 32.4 Å². The molecule has 108 valence electrons. The van der Waals surface area contributed by atoms with Crippen molar-refractivity contribution < 1.29 is 4.52 Å². The van der Waals surface area contributed by atoms with Gasteiger partial charge in [-0.15, -0.1) is 11.3 Å². The van der Waals surface area contributed by atoms with Gasteiger partial charge in [-0.3, -0.25) is 4.90 Å². The molecule has 20 heavy (non-hydrogen) atoms. The maximum absolute atomic E-state index is 6.03. The Hall–Kier alpha value is -1.17. The topological polar surface area (TPSA) is 55.3 Å². The smallest absolute Gasteiger partial charge is 0.177 e. The molecule has 2 aromatic rings. The van der Waals surface area contributed by atoms with Crippen molar-refractivity contribution >= 4 is 11.3 Å². The largest absolute Gasteiger partial charge is 0.355 e. The summed E-state index contributed by atoms with van der Waals surface area (Å²) < 4.78 is 5.43. The van der Waals surface area contributed by atoms with E-state index in [1.165, 1.54) is 12.8 Å². The predicted molar refractivity (Wildman–Crippen MR) is 81.5 cm³/mol. The van der Waals surface area contributed by atoms with E-state index in [2.05, 4.69) is 34.5 Å². The van der Waals surface area contributed by atoms with Gasteiger partial charge in [-0.25, -0.2) is 0 Å². The number of hydrogen-bond donors (Lipinski definition) is 1. The Bertz CT molecular complexity index is 535. The Morgan fingerprint density at radius 1 is 1.60 bits per heavy atom. The van der Waals surface area contributed by atoms with Crippen LogP contribution in [0.25, 0.3) is 10.6 Å². The molecule has 1 saturated heterocycles. The Balaban J connectivity index is 1.63. The first kappa shape index (κ1) is 13.8. The zero-order valence-corrected chi connectivity index (χ0v) is 12.6. The molecule has 3 heterocycles. The molecule has 2 aromatic heterocycles. The number of hydrogen-bond acceptors (Lipinski definition) is 5. The number of aromatic nitrogens is 1. The van der Waals surface area contributed by atoms with E-state index in [9.17, 15) is 0 Å². The van der Waals surface area contributed by atoms with Crippen molar-refractivity contribution in [1.29, 1.82) is 0 Å². The number of nitrogens with zero attached hydrogens (tertiary/aromatic N) is 2. The van der Waals surface area contributed by atoms with Crippen molar-refractivity contribution in [1.82, 2.24) is 10.1 Å². The lowest BCUT2D eigenvalue weighted by atomic mass is 9.92. The molecule has 1 aliphatic rings. The lowest BCUT2D eigenvalue weighted by Gasteiger charge is -2.34. The van der Waals surface area contributed by atoms with Gasteiger partial charge >= 0.3 is 0 Å². The van der Waals surface area contributed by atoms with E-state index in [4.69, 9.17) is 10.3 Å². The number of rotatable bonds is 4. The molecule has 0 saturated carbocycles. The number of thiophene rings is 1. The van der Waals surface area contributed by atoms with Crippen LogP contribution in [-0.2, 0) is 6.54 Å². The molecule has 0 bridgehead atoms. The van der Waals surface area contributed by atoms with Crippen LogP contribution in [0.2, 0.25) is 0 Å². The van der Waals surface area contributed by atoms with Gasteiger partial charge in [0.05, 0.1) is 10.6 Å². The SMILES string of the molecule is CC(N)C1CCCN(Cc2cc(-c3cccs3)on2)C1. The van der Waals surface area contributed by atoms with Gasteiger partial charge in [0.2, 0.25) is 0 Å². The summed E-state index contributed by atoms with van der Waals surface area (Å²) in [7, 11) is 0. The van der Waals surface area contributed by atoms with Crippen molar-refractivity contribution in [2.24, 2.45) is 11.7 Å². The second kappa shape index (κ2) is 6.08. The summed E-state index contributed by atoms with van der Waals surface area (Å²) in [5.74, 6) is 1.48. The summed E-state index contributed by atoms with van der Waals surface area (Å²) in [5.41, 5.74) is 7.04. The van der Waals surface area contributed by atoms with E-state index in [1.807, 2.05) is 6.07 Å². The molecule has 2 atom stereocenters. The molecule has 1 fully saturated rings. The van der Waals surface area contributed by atoms with E-state index in [0.717, 1.165) is 36.0 Å². The minimum atomic E-state index is 0.275. The molecule has 3 rings (SSSR count). The maximum atomic E-state index is 6.03. The highest BCUT2D eigenvalue weighted by Crippen LogP contribution is 2.26. The summed E-state index contributed by atoms with van der Waals surface area (Å²) >= 11 is 1.68. The molecule has 0 radical (unpaired) electrons. The zero-order chi connectivity index (χ0) is 13.9. The molecule has 5 heteroatoms. The highest BCUT2D eigenvalue weighted by atomic mass is 32.1. The molecule has 0 aliphatic carbocycles. The second-order valence-electron chi connectivity index (χ2n) is 5.66. The Morgan fingerprint density at radius 2 is 2.50 bits per heavy atom. The van der Waals surface area contributed by atoms with Gasteiger partial charge in [0.25, 0.3) is 0 Å². The van der Waals surface area contributed by atoms with Crippen molar-refractivity contribution in [3.05, 3.63) is 29.3 Å². The molecule has 0 aromatic carbocycles. The van der Waals surface area contributed by atoms with Gasteiger partial charge in [-0.05, 0) is 43.7 Å². The fourth-order valence-electron chi connectivity index (χ4n) is 2.81. The monoisotopic (exact) mass is 291 g/mol. The summed E-state index contributed by atoms with van der Waals surface area (Å²) in [5, 5.41) is 6.25. The van der Waals surface area contributed by atoms with Crippen molar-refractivity contribution in [2.75, 3.05) is 13.1 Å². The Morgan fingerprint density at radius 3 is 3.25 bits per heavy atom. The average Bonchev–Trinajstić information content (AvgIpc) is 3.09. The van der Waals surface area contributed by atoms with E-state index in [1.54, 1.807) is 11.3 Å². The van der Waals surface area contributed by atoms with Crippen molar-refractivity contribution in [3.63, 3.8) is 0 Å². The lowest BCUT2D eigenvalue weighted by molar-refractivity contribution is 0.151. The normalized spacial score (nSPS) is 22.0. The first-order valence-corrected chi connectivity index (χ1v) is 8.08. The standard InChI is InChI=1S/C15H21N3OS/c1-11(16)12-4-2-6-18(9-12)10-13-8-14(19-17-13)15-5-3-7-20-15/h3,5,7-8,11-12H,2,4,6,9-10,16H2,1H3. The summed E-state index contributed by atoms with van der Waals surface area (Å²) in [6.07, 6.45) is 2.47. The quantitative estimate of drug-likeness (QED) is 0.941. The molecule has 2 unspecified atom stereocenters. The molecular formula is C15H21N3OS. The van der Waals surface area contributed by atoms with Gasteiger partial charge in [0.1, 0.15) is 0 Å². The molecule has 2 N–H and O–H groups in total. The summed E-state index contributed by atoms with van der Waals surface area (Å²) in [6.45, 7) is 5.17. The number of nitrogens with two attached hydrogens (primary N) is 1. The van der Waals surface area contributed by atoms with Crippen LogP contribution in [0.3, 0.4) is 0 Å². The maximum Gasteiger partial charge on any atom is 0.177 e. The zero-order valence-electron chi connectivity index (χ0n) is 11.8. The van der Waals surface area contributed by atoms with E-state index in [-0.39, 0.29) is 6.04 Å². The minimum Gasteiger partial charge on any atom is -0.355 e. The third-order valence-electron chi connectivity index (χ3n) is 3.99. The van der Waals surface area contributed by atoms with Crippen LogP contribution >= 0.6 is 11.3 Å². The van der Waals surface area contributed by atoms with Gasteiger partial charge in [-0.2, -0.15) is 0 Å². The van der Waals surface area contributed by atoms with E-state index >= 15 is 0 Å². The van der Waals surface area contributed by atoms with Gasteiger partial charge < -0.3 is 10.3 Å². The van der Waals surface area contributed by atoms with Crippen LogP contribution in [0.5, 0.6) is 0 Å². The summed E-state index contributed by atoms with van der Waals surface area (Å²) in [4.78, 5) is 3.57. The highest BCUT2D eigenvalue weighted by molar-refractivity contribution is 7.13. The molecular weight excluding hydrogens is 270 g/mol. The van der Waals surface area contributed by atoms with Crippen LogP contribution in [0.4, 0.5) is 0 Å². The molecule has 0 amide bonds. The molecule has 4 nitrogen and oxygen atoms in total. The van der Waals surface area contributed by atoms with Crippen molar-refractivity contribution in [3.8, 4) is 10.6 Å². The third kappa shape index (κ3) is 3.11. The van der Waals surface area contributed by atoms with Gasteiger partial charge in [-0.1, -0.05) is 11.2 Å². The predicted octanol–water partition coefficient (Wildman–Crippen LogP) is 2.96.